The molecular formula is C8H7NS2. The summed E-state index contributed by atoms with van der Waals surface area (Å²) in [6.07, 6.45) is 1.93. The van der Waals surface area contributed by atoms with E-state index < -0.39 is 0 Å². The van der Waals surface area contributed by atoms with Crippen LogP contribution in [0.3, 0.4) is 0 Å². The topological polar surface area (TPSA) is 12.9 Å². The first kappa shape index (κ1) is 7.00. The van der Waals surface area contributed by atoms with E-state index in [2.05, 4.69) is 21.8 Å². The van der Waals surface area contributed by atoms with Crippen LogP contribution in [-0.2, 0) is 0 Å². The zero-order valence-electron chi connectivity index (χ0n) is 6.07. The molecule has 3 heteroatoms. The minimum absolute atomic E-state index is 1.13. The first-order valence-corrected chi connectivity index (χ1v) is 5.07. The van der Waals surface area contributed by atoms with E-state index in [1.54, 1.807) is 22.7 Å². The summed E-state index contributed by atoms with van der Waals surface area (Å²) in [7, 11) is 0. The molecule has 0 aromatic carbocycles. The van der Waals surface area contributed by atoms with Gasteiger partial charge in [-0.25, -0.2) is 4.98 Å². The standard InChI is InChI=1S/C8H7NS2/c1-6-9-4-8(11-6)7-2-3-10-5-7/h2-5H,1H3. The zero-order chi connectivity index (χ0) is 7.68. The van der Waals surface area contributed by atoms with Crippen LogP contribution in [0.1, 0.15) is 5.01 Å². The van der Waals surface area contributed by atoms with Crippen LogP contribution in [0.25, 0.3) is 10.4 Å². The first-order valence-electron chi connectivity index (χ1n) is 3.31. The predicted molar refractivity (Wildman–Crippen MR) is 50.2 cm³/mol. The van der Waals surface area contributed by atoms with Crippen molar-refractivity contribution in [1.29, 1.82) is 0 Å². The van der Waals surface area contributed by atoms with Crippen LogP contribution in [0.5, 0.6) is 0 Å². The number of rotatable bonds is 1. The molecule has 0 aliphatic carbocycles. The van der Waals surface area contributed by atoms with Gasteiger partial charge in [-0.2, -0.15) is 11.3 Å². The van der Waals surface area contributed by atoms with Crippen LogP contribution >= 0.6 is 22.7 Å². The van der Waals surface area contributed by atoms with Crippen LogP contribution in [-0.4, -0.2) is 4.98 Å². The zero-order valence-corrected chi connectivity index (χ0v) is 7.71. The molecule has 2 heterocycles. The monoisotopic (exact) mass is 181 g/mol. The van der Waals surface area contributed by atoms with Crippen molar-refractivity contribution in [3.05, 3.63) is 28.0 Å². The molecule has 0 spiro atoms. The van der Waals surface area contributed by atoms with Gasteiger partial charge in [-0.15, -0.1) is 11.3 Å². The van der Waals surface area contributed by atoms with Crippen LogP contribution < -0.4 is 0 Å². The summed E-state index contributed by atoms with van der Waals surface area (Å²) in [5.74, 6) is 0. The smallest absolute Gasteiger partial charge is 0.0900 e. The second-order valence-electron chi connectivity index (χ2n) is 2.26. The number of hydrogen-bond donors (Lipinski definition) is 0. The predicted octanol–water partition coefficient (Wildman–Crippen LogP) is 3.18. The van der Waals surface area contributed by atoms with Crippen molar-refractivity contribution in [3.8, 4) is 10.4 Å². The molecule has 0 bridgehead atoms. The fourth-order valence-corrected chi connectivity index (χ4v) is 2.40. The molecule has 2 aromatic rings. The van der Waals surface area contributed by atoms with E-state index in [1.165, 1.54) is 10.4 Å². The van der Waals surface area contributed by atoms with Crippen molar-refractivity contribution in [1.82, 2.24) is 4.98 Å². The maximum atomic E-state index is 4.20. The second kappa shape index (κ2) is 2.75. The summed E-state index contributed by atoms with van der Waals surface area (Å²) in [5.41, 5.74) is 1.29. The highest BCUT2D eigenvalue weighted by atomic mass is 32.1. The molecule has 0 atom stereocenters. The lowest BCUT2D eigenvalue weighted by Crippen LogP contribution is -1.60. The maximum Gasteiger partial charge on any atom is 0.0900 e. The van der Waals surface area contributed by atoms with E-state index in [9.17, 15) is 0 Å². The fourth-order valence-electron chi connectivity index (χ4n) is 0.899. The number of hydrogen-bond acceptors (Lipinski definition) is 3. The number of thiazole rings is 1. The SMILES string of the molecule is Cc1ncc(-c2ccsc2)s1. The van der Waals surface area contributed by atoms with Crippen LogP contribution in [0.4, 0.5) is 0 Å². The van der Waals surface area contributed by atoms with Crippen molar-refractivity contribution in [3.63, 3.8) is 0 Å². The van der Waals surface area contributed by atoms with Gasteiger partial charge >= 0.3 is 0 Å². The van der Waals surface area contributed by atoms with Crippen molar-refractivity contribution < 1.29 is 0 Å². The van der Waals surface area contributed by atoms with Gasteiger partial charge in [0.2, 0.25) is 0 Å². The van der Waals surface area contributed by atoms with Crippen molar-refractivity contribution in [2.45, 2.75) is 6.92 Å². The molecule has 0 radical (unpaired) electrons. The van der Waals surface area contributed by atoms with Gasteiger partial charge in [-0.05, 0) is 23.8 Å². The highest BCUT2D eigenvalue weighted by Crippen LogP contribution is 2.27. The van der Waals surface area contributed by atoms with Gasteiger partial charge in [0.25, 0.3) is 0 Å². The molecule has 2 aromatic heterocycles. The quantitative estimate of drug-likeness (QED) is 0.658. The molecule has 2 rings (SSSR count). The van der Waals surface area contributed by atoms with E-state index in [0.717, 1.165) is 5.01 Å². The number of nitrogens with zero attached hydrogens (tertiary/aromatic N) is 1. The Labute approximate surface area is 73.4 Å². The Kier molecular flexibility index (Phi) is 1.75. The maximum absolute atomic E-state index is 4.20. The van der Waals surface area contributed by atoms with Gasteiger partial charge in [0.15, 0.2) is 0 Å². The van der Waals surface area contributed by atoms with Gasteiger partial charge in [-0.1, -0.05) is 0 Å². The highest BCUT2D eigenvalue weighted by molar-refractivity contribution is 7.15. The lowest BCUT2D eigenvalue weighted by atomic mass is 10.3. The lowest BCUT2D eigenvalue weighted by Gasteiger charge is -1.84. The second-order valence-corrected chi connectivity index (χ2v) is 4.27. The summed E-state index contributed by atoms with van der Waals surface area (Å²) in [5, 5.41) is 5.36. The van der Waals surface area contributed by atoms with E-state index in [4.69, 9.17) is 0 Å². The summed E-state index contributed by atoms with van der Waals surface area (Å²) in [6.45, 7) is 2.03. The summed E-state index contributed by atoms with van der Waals surface area (Å²) < 4.78 is 0. The molecule has 0 unspecified atom stereocenters. The molecule has 0 N–H and O–H groups in total. The summed E-state index contributed by atoms with van der Waals surface area (Å²) >= 11 is 3.46. The fraction of sp³-hybridized carbons (Fsp3) is 0.125. The molecule has 0 saturated carbocycles. The third kappa shape index (κ3) is 1.34. The van der Waals surface area contributed by atoms with Gasteiger partial charge in [0, 0.05) is 11.8 Å². The van der Waals surface area contributed by atoms with E-state index in [1.807, 2.05) is 13.1 Å². The Balaban J connectivity index is 2.45. The number of aromatic nitrogens is 1. The molecule has 0 saturated heterocycles. The molecule has 0 aliphatic rings. The largest absolute Gasteiger partial charge is 0.249 e. The molecule has 0 fully saturated rings. The molecule has 1 nitrogen and oxygen atoms in total. The molecule has 56 valence electrons. The summed E-state index contributed by atoms with van der Waals surface area (Å²) in [6, 6.07) is 2.12. The van der Waals surface area contributed by atoms with Crippen molar-refractivity contribution in [2.24, 2.45) is 0 Å². The van der Waals surface area contributed by atoms with Gasteiger partial charge < -0.3 is 0 Å². The lowest BCUT2D eigenvalue weighted by molar-refractivity contribution is 1.30. The number of aryl methyl sites for hydroxylation is 1. The molecular weight excluding hydrogens is 174 g/mol. The third-order valence-corrected chi connectivity index (χ3v) is 3.07. The summed E-state index contributed by atoms with van der Waals surface area (Å²) in [4.78, 5) is 5.46. The average molecular weight is 181 g/mol. The Morgan fingerprint density at radius 2 is 2.36 bits per heavy atom. The Morgan fingerprint density at radius 3 is 2.91 bits per heavy atom. The minimum atomic E-state index is 1.13. The Hall–Kier alpha value is -0.670. The average Bonchev–Trinajstić information content (AvgIpc) is 2.55. The molecule has 0 aliphatic heterocycles. The first-order chi connectivity index (χ1) is 5.36. The van der Waals surface area contributed by atoms with Gasteiger partial charge in [0.05, 0.1) is 9.88 Å². The van der Waals surface area contributed by atoms with Crippen LogP contribution in [0, 0.1) is 6.92 Å². The minimum Gasteiger partial charge on any atom is -0.249 e. The Bertz CT molecular complexity index is 335. The van der Waals surface area contributed by atoms with Crippen molar-refractivity contribution in [2.75, 3.05) is 0 Å². The van der Waals surface area contributed by atoms with E-state index in [-0.39, 0.29) is 0 Å². The molecule has 11 heavy (non-hydrogen) atoms. The van der Waals surface area contributed by atoms with Crippen molar-refractivity contribution >= 4 is 22.7 Å². The van der Waals surface area contributed by atoms with Crippen LogP contribution in [0.15, 0.2) is 23.0 Å². The Morgan fingerprint density at radius 1 is 1.45 bits per heavy atom. The van der Waals surface area contributed by atoms with E-state index in [0.29, 0.717) is 0 Å². The van der Waals surface area contributed by atoms with Gasteiger partial charge in [0.1, 0.15) is 0 Å². The number of thiophene rings is 1. The third-order valence-electron chi connectivity index (χ3n) is 1.43. The normalized spacial score (nSPS) is 10.3. The highest BCUT2D eigenvalue weighted by Gasteiger charge is 2.00. The van der Waals surface area contributed by atoms with Crippen LogP contribution in [0.2, 0.25) is 0 Å². The molecule has 0 amide bonds. The van der Waals surface area contributed by atoms with E-state index >= 15 is 0 Å². The van der Waals surface area contributed by atoms with Gasteiger partial charge in [-0.3, -0.25) is 0 Å².